The predicted octanol–water partition coefficient (Wildman–Crippen LogP) is 4.19. The van der Waals surface area contributed by atoms with Gasteiger partial charge in [-0.2, -0.15) is 5.10 Å². The van der Waals surface area contributed by atoms with Crippen molar-refractivity contribution in [2.75, 3.05) is 7.11 Å². The first-order valence-electron chi connectivity index (χ1n) is 9.96. The van der Waals surface area contributed by atoms with E-state index in [-0.39, 0.29) is 12.2 Å². The summed E-state index contributed by atoms with van der Waals surface area (Å²) in [6.07, 6.45) is 2.35. The molecule has 1 N–H and O–H groups in total. The van der Waals surface area contributed by atoms with Crippen molar-refractivity contribution in [1.29, 1.82) is 0 Å². The molecule has 8 heteroatoms. The summed E-state index contributed by atoms with van der Waals surface area (Å²) < 4.78 is 19.8. The van der Waals surface area contributed by atoms with Crippen LogP contribution in [0, 0.1) is 5.82 Å². The summed E-state index contributed by atoms with van der Waals surface area (Å²) in [5.41, 5.74) is 3.43. The highest BCUT2D eigenvalue weighted by Crippen LogP contribution is 2.30. The number of nitrogens with one attached hydrogen (secondary N) is 1. The minimum absolute atomic E-state index is 0.0627. The van der Waals surface area contributed by atoms with Gasteiger partial charge in [-0.05, 0) is 55.2 Å². The molecule has 1 aromatic heterocycles. The number of carbonyl (C=O) groups excluding carboxylic acids is 2. The number of ether oxygens (including phenoxy) is 1. The van der Waals surface area contributed by atoms with Crippen LogP contribution in [0.15, 0.2) is 48.5 Å². The molecule has 0 saturated carbocycles. The third kappa shape index (κ3) is 4.32. The molecule has 1 amide bonds. The molecule has 0 saturated heterocycles. The molecule has 1 unspecified atom stereocenters. The Morgan fingerprint density at radius 1 is 1.19 bits per heavy atom. The maximum absolute atomic E-state index is 13.3. The fourth-order valence-electron chi connectivity index (χ4n) is 3.89. The van der Waals surface area contributed by atoms with Gasteiger partial charge in [-0.1, -0.05) is 29.8 Å². The van der Waals surface area contributed by atoms with Gasteiger partial charge in [0.1, 0.15) is 5.82 Å². The van der Waals surface area contributed by atoms with Gasteiger partial charge in [-0.3, -0.25) is 9.59 Å². The van der Waals surface area contributed by atoms with E-state index in [0.717, 1.165) is 30.5 Å². The molecule has 1 atom stereocenters. The molecule has 4 rings (SSSR count). The van der Waals surface area contributed by atoms with Crippen LogP contribution in [0.4, 0.5) is 4.39 Å². The van der Waals surface area contributed by atoms with Crippen molar-refractivity contribution in [2.24, 2.45) is 0 Å². The zero-order valence-electron chi connectivity index (χ0n) is 16.9. The summed E-state index contributed by atoms with van der Waals surface area (Å²) >= 11 is 6.31. The highest BCUT2D eigenvalue weighted by Gasteiger charge is 2.29. The van der Waals surface area contributed by atoms with Crippen LogP contribution in [0.2, 0.25) is 5.02 Å². The lowest BCUT2D eigenvalue weighted by molar-refractivity contribution is -0.141. The number of carbonyl (C=O) groups is 2. The third-order valence-electron chi connectivity index (χ3n) is 5.40. The Hall–Kier alpha value is -3.19. The van der Waals surface area contributed by atoms with Crippen LogP contribution in [0.25, 0.3) is 5.69 Å². The highest BCUT2D eigenvalue weighted by atomic mass is 35.5. The van der Waals surface area contributed by atoms with Crippen molar-refractivity contribution in [3.05, 3.63) is 81.9 Å². The lowest BCUT2D eigenvalue weighted by Crippen LogP contribution is -2.31. The maximum Gasteiger partial charge on any atom is 0.307 e. The molecule has 0 aliphatic heterocycles. The topological polar surface area (TPSA) is 73.2 Å². The Labute approximate surface area is 184 Å². The van der Waals surface area contributed by atoms with E-state index in [1.165, 1.54) is 19.2 Å². The summed E-state index contributed by atoms with van der Waals surface area (Å²) in [7, 11) is 1.30. The third-order valence-corrected chi connectivity index (χ3v) is 5.75. The number of hydrogen-bond acceptors (Lipinski definition) is 4. The number of halogens is 2. The van der Waals surface area contributed by atoms with Crippen molar-refractivity contribution in [3.63, 3.8) is 0 Å². The van der Waals surface area contributed by atoms with E-state index >= 15 is 0 Å². The summed E-state index contributed by atoms with van der Waals surface area (Å²) in [6.45, 7) is 0. The van der Waals surface area contributed by atoms with E-state index in [1.54, 1.807) is 41.1 Å². The molecule has 160 valence electrons. The van der Waals surface area contributed by atoms with E-state index in [1.807, 2.05) is 0 Å². The summed E-state index contributed by atoms with van der Waals surface area (Å²) in [5.74, 6) is -1.20. The first kappa shape index (κ1) is 21.1. The Morgan fingerprint density at radius 2 is 1.94 bits per heavy atom. The Kier molecular flexibility index (Phi) is 6.04. The van der Waals surface area contributed by atoms with Crippen molar-refractivity contribution < 1.29 is 18.7 Å². The molecule has 0 radical (unpaired) electrons. The first-order chi connectivity index (χ1) is 15.0. The van der Waals surface area contributed by atoms with Gasteiger partial charge >= 0.3 is 5.97 Å². The highest BCUT2D eigenvalue weighted by molar-refractivity contribution is 6.31. The van der Waals surface area contributed by atoms with Crippen molar-refractivity contribution in [1.82, 2.24) is 15.1 Å². The monoisotopic (exact) mass is 441 g/mol. The average molecular weight is 442 g/mol. The molecular weight excluding hydrogens is 421 g/mol. The van der Waals surface area contributed by atoms with Crippen LogP contribution in [-0.4, -0.2) is 28.8 Å². The number of hydrogen-bond donors (Lipinski definition) is 1. The summed E-state index contributed by atoms with van der Waals surface area (Å²) in [5, 5.41) is 7.88. The van der Waals surface area contributed by atoms with Crippen LogP contribution in [0.5, 0.6) is 0 Å². The minimum Gasteiger partial charge on any atom is -0.469 e. The zero-order valence-corrected chi connectivity index (χ0v) is 17.7. The van der Waals surface area contributed by atoms with Crippen LogP contribution in [-0.2, 0) is 22.4 Å². The van der Waals surface area contributed by atoms with Gasteiger partial charge in [0.2, 0.25) is 0 Å². The second kappa shape index (κ2) is 8.89. The number of aromatic nitrogens is 2. The van der Waals surface area contributed by atoms with E-state index < -0.39 is 17.9 Å². The van der Waals surface area contributed by atoms with Gasteiger partial charge in [-0.25, -0.2) is 9.07 Å². The van der Waals surface area contributed by atoms with Crippen molar-refractivity contribution in [3.8, 4) is 5.69 Å². The van der Waals surface area contributed by atoms with Crippen molar-refractivity contribution in [2.45, 2.75) is 31.7 Å². The number of fused-ring (bicyclic) bond motifs is 1. The fraction of sp³-hybridized carbons (Fsp3) is 0.261. The Balaban J connectivity index is 1.67. The number of amides is 1. The normalized spacial score (nSPS) is 13.5. The Bertz CT molecular complexity index is 1130. The van der Waals surface area contributed by atoms with Gasteiger partial charge in [0, 0.05) is 16.3 Å². The largest absolute Gasteiger partial charge is 0.469 e. The molecular formula is C23H21ClFN3O3. The first-order valence-corrected chi connectivity index (χ1v) is 10.3. The average Bonchev–Trinajstić information content (AvgIpc) is 3.37. The van der Waals surface area contributed by atoms with Gasteiger partial charge in [0.15, 0.2) is 5.69 Å². The van der Waals surface area contributed by atoms with Crippen LogP contribution in [0.3, 0.4) is 0 Å². The van der Waals surface area contributed by atoms with Gasteiger partial charge in [0.25, 0.3) is 5.91 Å². The number of nitrogens with zero attached hydrogens (tertiary/aromatic N) is 2. The molecule has 1 aliphatic rings. The van der Waals surface area contributed by atoms with E-state index in [0.29, 0.717) is 22.0 Å². The Morgan fingerprint density at radius 3 is 2.65 bits per heavy atom. The van der Waals surface area contributed by atoms with E-state index in [2.05, 4.69) is 10.4 Å². The van der Waals surface area contributed by atoms with Crippen LogP contribution in [0.1, 0.15) is 46.2 Å². The molecule has 6 nitrogen and oxygen atoms in total. The minimum atomic E-state index is -0.665. The van der Waals surface area contributed by atoms with Gasteiger partial charge in [0.05, 0.1) is 25.3 Å². The zero-order chi connectivity index (χ0) is 22.0. The molecule has 0 spiro atoms. The number of methoxy groups -OCH3 is 1. The van der Waals surface area contributed by atoms with E-state index in [9.17, 15) is 14.0 Å². The summed E-state index contributed by atoms with van der Waals surface area (Å²) in [6, 6.07) is 12.4. The van der Waals surface area contributed by atoms with Gasteiger partial charge in [-0.15, -0.1) is 0 Å². The molecule has 3 aromatic rings. The lowest BCUT2D eigenvalue weighted by Gasteiger charge is -2.19. The van der Waals surface area contributed by atoms with Gasteiger partial charge < -0.3 is 10.1 Å². The molecule has 0 bridgehead atoms. The molecule has 1 aliphatic carbocycles. The van der Waals surface area contributed by atoms with E-state index in [4.69, 9.17) is 16.3 Å². The molecule has 0 fully saturated rings. The number of esters is 1. The smallest absolute Gasteiger partial charge is 0.307 e. The standard InChI is InChI=1S/C23H21ClFN3O3/c1-31-21(29)13-19(16-5-2-3-7-18(16)24)26-23(30)22-17-6-4-8-20(17)28(27-22)15-11-9-14(25)10-12-15/h2-3,5,7,9-12,19H,4,6,8,13H2,1H3,(H,26,30). The number of benzene rings is 2. The maximum atomic E-state index is 13.3. The molecule has 2 aromatic carbocycles. The molecule has 1 heterocycles. The fourth-order valence-corrected chi connectivity index (χ4v) is 4.16. The SMILES string of the molecule is COC(=O)CC(NC(=O)c1nn(-c2ccc(F)cc2)c2c1CCC2)c1ccccc1Cl. The molecule has 31 heavy (non-hydrogen) atoms. The second-order valence-electron chi connectivity index (χ2n) is 7.34. The predicted molar refractivity (Wildman–Crippen MR) is 114 cm³/mol. The number of rotatable bonds is 6. The van der Waals surface area contributed by atoms with Crippen LogP contribution < -0.4 is 5.32 Å². The van der Waals surface area contributed by atoms with Crippen molar-refractivity contribution >= 4 is 23.5 Å². The lowest BCUT2D eigenvalue weighted by atomic mass is 10.0. The second-order valence-corrected chi connectivity index (χ2v) is 7.75. The van der Waals surface area contributed by atoms with Crippen LogP contribution >= 0.6 is 11.6 Å². The quantitative estimate of drug-likeness (QED) is 0.582. The summed E-state index contributed by atoms with van der Waals surface area (Å²) in [4.78, 5) is 25.2.